The number of carbonyl (C=O) groups is 1. The van der Waals surface area contributed by atoms with Gasteiger partial charge in [0.15, 0.2) is 0 Å². The van der Waals surface area contributed by atoms with E-state index in [0.29, 0.717) is 12.2 Å². The fraction of sp³-hybridized carbons (Fsp3) is 0.278. The van der Waals surface area contributed by atoms with Gasteiger partial charge in [0.25, 0.3) is 0 Å². The van der Waals surface area contributed by atoms with E-state index in [9.17, 15) is 19.3 Å². The van der Waals surface area contributed by atoms with Gasteiger partial charge in [-0.05, 0) is 30.5 Å². The summed E-state index contributed by atoms with van der Waals surface area (Å²) in [4.78, 5) is 22.0. The Kier molecular flexibility index (Phi) is 4.65. The molecule has 7 heteroatoms. The van der Waals surface area contributed by atoms with E-state index in [-0.39, 0.29) is 17.9 Å². The number of rotatable bonds is 7. The van der Waals surface area contributed by atoms with Gasteiger partial charge in [0.2, 0.25) is 11.7 Å². The van der Waals surface area contributed by atoms with Crippen LogP contribution < -0.4 is 10.6 Å². The lowest BCUT2D eigenvalue weighted by Crippen LogP contribution is -2.35. The summed E-state index contributed by atoms with van der Waals surface area (Å²) in [6.45, 7) is 0.523. The van der Waals surface area contributed by atoms with E-state index >= 15 is 0 Å². The number of benzene rings is 2. The first kappa shape index (κ1) is 16.9. The van der Waals surface area contributed by atoms with Crippen molar-refractivity contribution in [2.45, 2.75) is 18.3 Å². The molecule has 6 nitrogen and oxygen atoms in total. The van der Waals surface area contributed by atoms with Crippen molar-refractivity contribution in [2.75, 3.05) is 18.4 Å². The molecule has 25 heavy (non-hydrogen) atoms. The molecule has 0 heterocycles. The smallest absolute Gasteiger partial charge is 0.306 e. The van der Waals surface area contributed by atoms with Crippen molar-refractivity contribution in [3.05, 3.63) is 70.0 Å². The molecule has 0 radical (unpaired) electrons. The van der Waals surface area contributed by atoms with Crippen molar-refractivity contribution >= 4 is 17.3 Å². The standard InChI is InChI=1S/C18H18FN3O3/c19-15-7-6-14(10-16(15)22(24)25)20-11-17(23)21-12-18(8-9-18)13-4-2-1-3-5-13/h1-7,10,20H,8-9,11-12H2,(H,21,23). The Labute approximate surface area is 144 Å². The molecule has 1 saturated carbocycles. The van der Waals surface area contributed by atoms with E-state index in [2.05, 4.69) is 22.8 Å². The van der Waals surface area contributed by atoms with Crippen LogP contribution in [0.1, 0.15) is 18.4 Å². The Morgan fingerprint density at radius 2 is 1.92 bits per heavy atom. The number of carbonyl (C=O) groups excluding carboxylic acids is 1. The number of nitro groups is 1. The minimum Gasteiger partial charge on any atom is -0.376 e. The van der Waals surface area contributed by atoms with Gasteiger partial charge in [-0.2, -0.15) is 4.39 Å². The maximum absolute atomic E-state index is 13.3. The molecule has 1 amide bonds. The van der Waals surface area contributed by atoms with Crippen LogP contribution >= 0.6 is 0 Å². The van der Waals surface area contributed by atoms with Crippen LogP contribution in [-0.4, -0.2) is 23.9 Å². The molecule has 1 fully saturated rings. The average molecular weight is 343 g/mol. The Bertz CT molecular complexity index is 791. The third-order valence-electron chi connectivity index (χ3n) is 4.46. The number of nitrogens with zero attached hydrogens (tertiary/aromatic N) is 1. The molecule has 0 unspecified atom stereocenters. The topological polar surface area (TPSA) is 84.3 Å². The van der Waals surface area contributed by atoms with Gasteiger partial charge in [-0.3, -0.25) is 14.9 Å². The molecular formula is C18H18FN3O3. The lowest BCUT2D eigenvalue weighted by Gasteiger charge is -2.17. The summed E-state index contributed by atoms with van der Waals surface area (Å²) in [6, 6.07) is 13.5. The van der Waals surface area contributed by atoms with Gasteiger partial charge in [-0.25, -0.2) is 0 Å². The highest BCUT2D eigenvalue weighted by molar-refractivity contribution is 5.81. The maximum Gasteiger partial charge on any atom is 0.306 e. The molecule has 0 atom stereocenters. The third kappa shape index (κ3) is 3.93. The van der Waals surface area contributed by atoms with E-state index < -0.39 is 16.4 Å². The van der Waals surface area contributed by atoms with Crippen LogP contribution in [0.25, 0.3) is 0 Å². The molecule has 0 bridgehead atoms. The highest BCUT2D eigenvalue weighted by atomic mass is 19.1. The van der Waals surface area contributed by atoms with Crippen LogP contribution in [0.5, 0.6) is 0 Å². The second-order valence-corrected chi connectivity index (χ2v) is 6.20. The molecule has 0 saturated heterocycles. The summed E-state index contributed by atoms with van der Waals surface area (Å²) >= 11 is 0. The molecule has 0 aliphatic heterocycles. The molecule has 1 aliphatic rings. The van der Waals surface area contributed by atoms with E-state index in [1.165, 1.54) is 11.6 Å². The van der Waals surface area contributed by atoms with Gasteiger partial charge in [0, 0.05) is 23.7 Å². The van der Waals surface area contributed by atoms with Gasteiger partial charge in [0.1, 0.15) is 0 Å². The summed E-state index contributed by atoms with van der Waals surface area (Å²) in [5, 5.41) is 16.4. The number of hydrogen-bond acceptors (Lipinski definition) is 4. The molecule has 130 valence electrons. The quantitative estimate of drug-likeness (QED) is 0.598. The van der Waals surface area contributed by atoms with E-state index in [4.69, 9.17) is 0 Å². The summed E-state index contributed by atoms with van der Waals surface area (Å²) in [6.07, 6.45) is 2.07. The first-order valence-electron chi connectivity index (χ1n) is 8.00. The van der Waals surface area contributed by atoms with Crippen molar-refractivity contribution in [1.82, 2.24) is 5.32 Å². The van der Waals surface area contributed by atoms with E-state index in [1.807, 2.05) is 18.2 Å². The van der Waals surface area contributed by atoms with Crippen LogP contribution in [-0.2, 0) is 10.2 Å². The summed E-state index contributed by atoms with van der Waals surface area (Å²) in [5.41, 5.74) is 0.947. The zero-order valence-corrected chi connectivity index (χ0v) is 13.5. The van der Waals surface area contributed by atoms with E-state index in [0.717, 1.165) is 25.0 Å². The van der Waals surface area contributed by atoms with Gasteiger partial charge in [0.05, 0.1) is 11.5 Å². The molecular weight excluding hydrogens is 325 g/mol. The minimum atomic E-state index is -0.904. The lowest BCUT2D eigenvalue weighted by molar-refractivity contribution is -0.387. The number of nitro benzene ring substituents is 1. The zero-order valence-electron chi connectivity index (χ0n) is 13.5. The first-order valence-corrected chi connectivity index (χ1v) is 8.00. The van der Waals surface area contributed by atoms with Crippen LogP contribution in [0.15, 0.2) is 48.5 Å². The molecule has 2 aromatic carbocycles. The molecule has 0 spiro atoms. The average Bonchev–Trinajstić information content (AvgIpc) is 3.41. The molecule has 2 N–H and O–H groups in total. The monoisotopic (exact) mass is 343 g/mol. The predicted octanol–water partition coefficient (Wildman–Crippen LogP) is 2.99. The first-order chi connectivity index (χ1) is 12.0. The number of nitrogens with one attached hydrogen (secondary N) is 2. The minimum absolute atomic E-state index is 0.0194. The Balaban J connectivity index is 1.52. The van der Waals surface area contributed by atoms with Gasteiger partial charge >= 0.3 is 5.69 Å². The maximum atomic E-state index is 13.3. The fourth-order valence-electron chi connectivity index (χ4n) is 2.79. The van der Waals surface area contributed by atoms with Crippen LogP contribution in [0.3, 0.4) is 0 Å². The normalized spacial score (nSPS) is 14.6. The van der Waals surface area contributed by atoms with E-state index in [1.54, 1.807) is 0 Å². The Morgan fingerprint density at radius 3 is 2.56 bits per heavy atom. The second kappa shape index (κ2) is 6.88. The Hall–Kier alpha value is -2.96. The lowest BCUT2D eigenvalue weighted by atomic mass is 9.96. The largest absolute Gasteiger partial charge is 0.376 e. The third-order valence-corrected chi connectivity index (χ3v) is 4.46. The molecule has 3 rings (SSSR count). The summed E-state index contributed by atoms with van der Waals surface area (Å²) < 4.78 is 13.3. The summed E-state index contributed by atoms with van der Waals surface area (Å²) in [5.74, 6) is -1.12. The van der Waals surface area contributed by atoms with Crippen molar-refractivity contribution in [2.24, 2.45) is 0 Å². The zero-order chi connectivity index (χ0) is 17.9. The second-order valence-electron chi connectivity index (χ2n) is 6.20. The SMILES string of the molecule is O=C(CNc1ccc(F)c([N+](=O)[O-])c1)NCC1(c2ccccc2)CC1. The number of hydrogen-bond donors (Lipinski definition) is 2. The number of halogens is 1. The highest BCUT2D eigenvalue weighted by Crippen LogP contribution is 2.47. The van der Waals surface area contributed by atoms with Crippen LogP contribution in [0, 0.1) is 15.9 Å². The van der Waals surface area contributed by atoms with Crippen molar-refractivity contribution in [1.29, 1.82) is 0 Å². The highest BCUT2D eigenvalue weighted by Gasteiger charge is 2.44. The van der Waals surface area contributed by atoms with Gasteiger partial charge in [-0.1, -0.05) is 30.3 Å². The van der Waals surface area contributed by atoms with Crippen molar-refractivity contribution in [3.63, 3.8) is 0 Å². The fourth-order valence-corrected chi connectivity index (χ4v) is 2.79. The van der Waals surface area contributed by atoms with Crippen LogP contribution in [0.4, 0.5) is 15.8 Å². The van der Waals surface area contributed by atoms with Crippen LogP contribution in [0.2, 0.25) is 0 Å². The number of anilines is 1. The Morgan fingerprint density at radius 1 is 1.20 bits per heavy atom. The predicted molar refractivity (Wildman–Crippen MR) is 91.9 cm³/mol. The molecule has 1 aliphatic carbocycles. The summed E-state index contributed by atoms with van der Waals surface area (Å²) in [7, 11) is 0. The number of amides is 1. The van der Waals surface area contributed by atoms with Crippen molar-refractivity contribution in [3.8, 4) is 0 Å². The molecule has 2 aromatic rings. The van der Waals surface area contributed by atoms with Crippen molar-refractivity contribution < 1.29 is 14.1 Å². The molecule has 0 aromatic heterocycles. The van der Waals surface area contributed by atoms with Gasteiger partial charge < -0.3 is 10.6 Å². The van der Waals surface area contributed by atoms with Gasteiger partial charge in [-0.15, -0.1) is 0 Å².